The molecular formula is C14H15F4N5O2. The first-order valence-electron chi connectivity index (χ1n) is 7.15. The number of hydrogen-bond donors (Lipinski definition) is 2. The second-order valence-electron chi connectivity index (χ2n) is 5.12. The minimum Gasteiger partial charge on any atom is -0.336 e. The van der Waals surface area contributed by atoms with E-state index in [0.717, 1.165) is 7.05 Å². The Hall–Kier alpha value is -2.85. The molecule has 136 valence electrons. The summed E-state index contributed by atoms with van der Waals surface area (Å²) in [5, 5.41) is 8.10. The van der Waals surface area contributed by atoms with Gasteiger partial charge >= 0.3 is 17.9 Å². The van der Waals surface area contributed by atoms with Crippen molar-refractivity contribution in [3.05, 3.63) is 52.0 Å². The molecule has 1 aromatic carbocycles. The Morgan fingerprint density at radius 2 is 1.84 bits per heavy atom. The molecule has 0 atom stereocenters. The number of halogens is 4. The third kappa shape index (κ3) is 4.81. The highest BCUT2D eigenvalue weighted by atomic mass is 19.4. The van der Waals surface area contributed by atoms with Gasteiger partial charge in [-0.1, -0.05) is 12.1 Å². The van der Waals surface area contributed by atoms with Crippen molar-refractivity contribution >= 4 is 6.03 Å². The number of nitrogens with one attached hydrogen (secondary N) is 2. The number of amides is 2. The topological polar surface area (TPSA) is 81.0 Å². The number of rotatable bonds is 5. The number of carbonyl (C=O) groups is 1. The van der Waals surface area contributed by atoms with Gasteiger partial charge in [0.2, 0.25) is 5.82 Å². The lowest BCUT2D eigenvalue weighted by molar-refractivity contribution is -0.147. The molecule has 2 N–H and O–H groups in total. The van der Waals surface area contributed by atoms with E-state index in [-0.39, 0.29) is 19.6 Å². The molecule has 0 aliphatic heterocycles. The van der Waals surface area contributed by atoms with Crippen LogP contribution in [-0.2, 0) is 26.3 Å². The van der Waals surface area contributed by atoms with Crippen LogP contribution in [0.5, 0.6) is 0 Å². The molecule has 7 nitrogen and oxygen atoms in total. The molecule has 2 amide bonds. The van der Waals surface area contributed by atoms with Crippen LogP contribution in [0.1, 0.15) is 11.4 Å². The molecule has 0 unspecified atom stereocenters. The monoisotopic (exact) mass is 361 g/mol. The summed E-state index contributed by atoms with van der Waals surface area (Å²) in [6.45, 7) is -0.163. The van der Waals surface area contributed by atoms with Crippen LogP contribution in [0.15, 0.2) is 29.1 Å². The molecule has 0 aliphatic rings. The first-order valence-corrected chi connectivity index (χ1v) is 7.15. The molecule has 11 heteroatoms. The van der Waals surface area contributed by atoms with Crippen molar-refractivity contribution in [3.63, 3.8) is 0 Å². The summed E-state index contributed by atoms with van der Waals surface area (Å²) in [6.07, 6.45) is -4.74. The van der Waals surface area contributed by atoms with Crippen molar-refractivity contribution in [3.8, 4) is 0 Å². The molecule has 25 heavy (non-hydrogen) atoms. The van der Waals surface area contributed by atoms with Crippen molar-refractivity contribution in [2.75, 3.05) is 6.54 Å². The Morgan fingerprint density at radius 3 is 2.40 bits per heavy atom. The van der Waals surface area contributed by atoms with Gasteiger partial charge in [-0.3, -0.25) is 4.57 Å². The maximum Gasteiger partial charge on any atom is 0.451 e. The first kappa shape index (κ1) is 18.5. The number of nitrogens with zero attached hydrogens (tertiary/aromatic N) is 3. The van der Waals surface area contributed by atoms with Crippen LogP contribution >= 0.6 is 0 Å². The van der Waals surface area contributed by atoms with Crippen molar-refractivity contribution in [1.29, 1.82) is 0 Å². The van der Waals surface area contributed by atoms with E-state index in [1.54, 1.807) is 0 Å². The fraction of sp³-hybridized carbons (Fsp3) is 0.357. The van der Waals surface area contributed by atoms with Crippen molar-refractivity contribution < 1.29 is 22.4 Å². The summed E-state index contributed by atoms with van der Waals surface area (Å²) in [5.41, 5.74) is -0.256. The number of aromatic nitrogens is 3. The second kappa shape index (κ2) is 7.36. The quantitative estimate of drug-likeness (QED) is 0.787. The molecular weight excluding hydrogens is 346 g/mol. The Labute approximate surface area is 139 Å². The van der Waals surface area contributed by atoms with Crippen LogP contribution < -0.4 is 16.3 Å². The van der Waals surface area contributed by atoms with Crippen LogP contribution in [0, 0.1) is 5.82 Å². The van der Waals surface area contributed by atoms with Crippen molar-refractivity contribution in [2.24, 2.45) is 7.05 Å². The smallest absolute Gasteiger partial charge is 0.336 e. The van der Waals surface area contributed by atoms with Gasteiger partial charge in [-0.2, -0.15) is 13.2 Å². The van der Waals surface area contributed by atoms with Gasteiger partial charge in [-0.05, 0) is 17.7 Å². The van der Waals surface area contributed by atoms with Gasteiger partial charge in [0.15, 0.2) is 0 Å². The van der Waals surface area contributed by atoms with Crippen LogP contribution in [0.4, 0.5) is 22.4 Å². The zero-order chi connectivity index (χ0) is 18.6. The van der Waals surface area contributed by atoms with E-state index in [1.807, 2.05) is 0 Å². The van der Waals surface area contributed by atoms with Gasteiger partial charge in [0.25, 0.3) is 0 Å². The highest BCUT2D eigenvalue weighted by Crippen LogP contribution is 2.25. The van der Waals surface area contributed by atoms with Gasteiger partial charge in [0, 0.05) is 20.1 Å². The molecule has 0 radical (unpaired) electrons. The average Bonchev–Trinajstić information content (AvgIpc) is 2.83. The molecule has 0 fully saturated rings. The Balaban J connectivity index is 1.83. The maximum absolute atomic E-state index is 12.7. The molecule has 2 aromatic rings. The summed E-state index contributed by atoms with van der Waals surface area (Å²) in [4.78, 5) is 23.3. The highest BCUT2D eigenvalue weighted by Gasteiger charge is 2.37. The van der Waals surface area contributed by atoms with E-state index in [2.05, 4.69) is 15.7 Å². The third-order valence-corrected chi connectivity index (χ3v) is 3.27. The van der Waals surface area contributed by atoms with Crippen LogP contribution in [0.25, 0.3) is 0 Å². The van der Waals surface area contributed by atoms with Crippen molar-refractivity contribution in [2.45, 2.75) is 19.3 Å². The Morgan fingerprint density at radius 1 is 1.20 bits per heavy atom. The Kier molecular flexibility index (Phi) is 5.45. The summed E-state index contributed by atoms with van der Waals surface area (Å²) in [6, 6.07) is 4.93. The van der Waals surface area contributed by atoms with E-state index in [0.29, 0.717) is 14.8 Å². The lowest BCUT2D eigenvalue weighted by Crippen LogP contribution is -2.38. The fourth-order valence-electron chi connectivity index (χ4n) is 2.00. The normalized spacial score (nSPS) is 11.4. The van der Waals surface area contributed by atoms with Crippen LogP contribution in [-0.4, -0.2) is 26.9 Å². The molecule has 0 saturated heterocycles. The average molecular weight is 361 g/mol. The molecule has 2 rings (SSSR count). The van der Waals surface area contributed by atoms with E-state index in [4.69, 9.17) is 0 Å². The number of alkyl halides is 3. The summed E-state index contributed by atoms with van der Waals surface area (Å²) < 4.78 is 51.7. The molecule has 0 aliphatic carbocycles. The van der Waals surface area contributed by atoms with E-state index in [1.165, 1.54) is 24.3 Å². The highest BCUT2D eigenvalue weighted by molar-refractivity contribution is 5.73. The minimum atomic E-state index is -4.74. The summed E-state index contributed by atoms with van der Waals surface area (Å²) >= 11 is 0. The largest absolute Gasteiger partial charge is 0.451 e. The second-order valence-corrected chi connectivity index (χ2v) is 5.12. The standard InChI is InChI=1S/C14H15F4N5O2/c1-22-11(14(16,17)18)21-23(13(22)25)7-6-19-12(24)20-8-9-2-4-10(15)5-3-9/h2-5H,6-8H2,1H3,(H2,19,20,24). The van der Waals surface area contributed by atoms with Crippen LogP contribution in [0.3, 0.4) is 0 Å². The third-order valence-electron chi connectivity index (χ3n) is 3.27. The first-order chi connectivity index (χ1) is 11.7. The molecule has 0 saturated carbocycles. The van der Waals surface area contributed by atoms with E-state index >= 15 is 0 Å². The number of urea groups is 1. The van der Waals surface area contributed by atoms with Gasteiger partial charge < -0.3 is 10.6 Å². The SMILES string of the molecule is Cn1c(C(F)(F)F)nn(CCNC(=O)NCc2ccc(F)cc2)c1=O. The molecule has 0 bridgehead atoms. The lowest BCUT2D eigenvalue weighted by atomic mass is 10.2. The zero-order valence-electron chi connectivity index (χ0n) is 13.1. The Bertz CT molecular complexity index is 795. The summed E-state index contributed by atoms with van der Waals surface area (Å²) in [5.74, 6) is -1.70. The zero-order valence-corrected chi connectivity index (χ0v) is 13.1. The molecule has 1 heterocycles. The minimum absolute atomic E-state index is 0.0938. The lowest BCUT2D eigenvalue weighted by Gasteiger charge is -2.07. The van der Waals surface area contributed by atoms with Gasteiger partial charge in [0.1, 0.15) is 5.82 Å². The van der Waals surface area contributed by atoms with Gasteiger partial charge in [-0.15, -0.1) is 5.10 Å². The number of carbonyl (C=O) groups excluding carboxylic acids is 1. The number of benzene rings is 1. The maximum atomic E-state index is 12.7. The van der Waals surface area contributed by atoms with Crippen LogP contribution in [0.2, 0.25) is 0 Å². The predicted molar refractivity (Wildman–Crippen MR) is 79.1 cm³/mol. The molecule has 1 aromatic heterocycles. The molecule has 0 spiro atoms. The van der Waals surface area contributed by atoms with Crippen molar-refractivity contribution in [1.82, 2.24) is 25.0 Å². The van der Waals surface area contributed by atoms with Gasteiger partial charge in [-0.25, -0.2) is 18.7 Å². The summed E-state index contributed by atoms with van der Waals surface area (Å²) in [7, 11) is 0.970. The van der Waals surface area contributed by atoms with E-state index < -0.39 is 29.5 Å². The van der Waals surface area contributed by atoms with Gasteiger partial charge in [0.05, 0.1) is 6.54 Å². The fourth-order valence-corrected chi connectivity index (χ4v) is 2.00. The number of hydrogen-bond acceptors (Lipinski definition) is 3. The predicted octanol–water partition coefficient (Wildman–Crippen LogP) is 1.24. The van der Waals surface area contributed by atoms with E-state index in [9.17, 15) is 27.2 Å².